The van der Waals surface area contributed by atoms with Crippen LogP contribution in [0.4, 0.5) is 0 Å². The number of rotatable bonds is 2. The van der Waals surface area contributed by atoms with Crippen molar-refractivity contribution in [3.63, 3.8) is 0 Å². The minimum absolute atomic E-state index is 0.0762. The molecule has 1 aromatic rings. The van der Waals surface area contributed by atoms with E-state index in [-0.39, 0.29) is 11.7 Å². The summed E-state index contributed by atoms with van der Waals surface area (Å²) in [5.74, 6) is 0.345. The molecular weight excluding hydrogens is 246 g/mol. The monoisotopic (exact) mass is 267 g/mol. The number of ether oxygens (including phenoxy) is 1. The second-order valence-corrected chi connectivity index (χ2v) is 6.61. The van der Waals surface area contributed by atoms with E-state index in [1.54, 1.807) is 23.0 Å². The van der Waals surface area contributed by atoms with Crippen molar-refractivity contribution >= 4 is 11.3 Å². The molecule has 4 heteroatoms. The van der Waals surface area contributed by atoms with Crippen molar-refractivity contribution < 1.29 is 9.84 Å². The molecule has 100 valence electrons. The number of hydrogen-bond acceptors (Lipinski definition) is 4. The number of thiazole rings is 1. The zero-order valence-electron chi connectivity index (χ0n) is 10.7. The average molecular weight is 267 g/mol. The highest BCUT2D eigenvalue weighted by molar-refractivity contribution is 7.09. The van der Waals surface area contributed by atoms with Gasteiger partial charge in [0.05, 0.1) is 22.1 Å². The molecule has 18 heavy (non-hydrogen) atoms. The molecule has 1 N–H and O–H groups in total. The molecule has 0 radical (unpaired) electrons. The van der Waals surface area contributed by atoms with E-state index in [0.29, 0.717) is 5.92 Å². The molecule has 3 nitrogen and oxygen atoms in total. The molecule has 0 amide bonds. The third-order valence-corrected chi connectivity index (χ3v) is 5.33. The highest BCUT2D eigenvalue weighted by Crippen LogP contribution is 2.44. The van der Waals surface area contributed by atoms with Crippen molar-refractivity contribution in [2.24, 2.45) is 5.92 Å². The first kappa shape index (κ1) is 12.6. The van der Waals surface area contributed by atoms with Gasteiger partial charge in [0.2, 0.25) is 0 Å². The number of aliphatic hydroxyl groups is 1. The lowest BCUT2D eigenvalue weighted by Crippen LogP contribution is -2.42. The first-order valence-electron chi connectivity index (χ1n) is 7.00. The molecule has 1 saturated heterocycles. The first-order valence-corrected chi connectivity index (χ1v) is 7.87. The minimum Gasteiger partial charge on any atom is -0.387 e. The molecule has 0 bridgehead atoms. The van der Waals surface area contributed by atoms with Gasteiger partial charge >= 0.3 is 0 Å². The summed E-state index contributed by atoms with van der Waals surface area (Å²) < 4.78 is 6.08. The van der Waals surface area contributed by atoms with E-state index in [1.807, 2.05) is 0 Å². The Labute approximate surface area is 112 Å². The summed E-state index contributed by atoms with van der Waals surface area (Å²) in [4.78, 5) is 5.08. The Balaban J connectivity index is 1.70. The molecule has 2 fully saturated rings. The lowest BCUT2D eigenvalue weighted by Gasteiger charge is -2.44. The van der Waals surface area contributed by atoms with Gasteiger partial charge in [-0.3, -0.25) is 4.98 Å². The average Bonchev–Trinajstić information content (AvgIpc) is 2.93. The van der Waals surface area contributed by atoms with Crippen molar-refractivity contribution in [3.8, 4) is 0 Å². The summed E-state index contributed by atoms with van der Waals surface area (Å²) in [6.45, 7) is 0.806. The second-order valence-electron chi connectivity index (χ2n) is 5.69. The Hall–Kier alpha value is -0.450. The lowest BCUT2D eigenvalue weighted by atomic mass is 9.74. The molecular formula is C14H21NO2S. The van der Waals surface area contributed by atoms with Crippen LogP contribution in [-0.2, 0) is 4.74 Å². The smallest absolute Gasteiger partial charge is 0.0927 e. The van der Waals surface area contributed by atoms with E-state index in [9.17, 15) is 5.11 Å². The second kappa shape index (κ2) is 5.27. The van der Waals surface area contributed by atoms with Crippen LogP contribution in [0.1, 0.15) is 55.9 Å². The van der Waals surface area contributed by atoms with Crippen molar-refractivity contribution in [3.05, 3.63) is 16.6 Å². The summed E-state index contributed by atoms with van der Waals surface area (Å²) >= 11 is 1.56. The van der Waals surface area contributed by atoms with Crippen LogP contribution in [-0.4, -0.2) is 22.3 Å². The van der Waals surface area contributed by atoms with Crippen LogP contribution in [0.3, 0.4) is 0 Å². The summed E-state index contributed by atoms with van der Waals surface area (Å²) in [7, 11) is 0. The van der Waals surface area contributed by atoms with Gasteiger partial charge in [-0.2, -0.15) is 0 Å². The van der Waals surface area contributed by atoms with Gasteiger partial charge in [0.1, 0.15) is 0 Å². The molecule has 1 aromatic heterocycles. The van der Waals surface area contributed by atoms with Crippen molar-refractivity contribution in [1.29, 1.82) is 0 Å². The molecule has 0 aromatic carbocycles. The van der Waals surface area contributed by atoms with Crippen LogP contribution in [0.25, 0.3) is 0 Å². The van der Waals surface area contributed by atoms with Gasteiger partial charge < -0.3 is 9.84 Å². The Bertz CT molecular complexity index is 368. The van der Waals surface area contributed by atoms with E-state index in [4.69, 9.17) is 4.74 Å². The predicted molar refractivity (Wildman–Crippen MR) is 71.6 cm³/mol. The van der Waals surface area contributed by atoms with E-state index in [2.05, 4.69) is 4.98 Å². The maximum absolute atomic E-state index is 10.5. The summed E-state index contributed by atoms with van der Waals surface area (Å²) in [5.41, 5.74) is 1.88. The Morgan fingerprint density at radius 2 is 2.22 bits per heavy atom. The van der Waals surface area contributed by atoms with Crippen LogP contribution in [0.15, 0.2) is 11.7 Å². The molecule has 3 rings (SSSR count). The van der Waals surface area contributed by atoms with Gasteiger partial charge in [-0.05, 0) is 31.6 Å². The lowest BCUT2D eigenvalue weighted by molar-refractivity contribution is -0.133. The van der Waals surface area contributed by atoms with E-state index in [1.165, 1.54) is 32.1 Å². The van der Waals surface area contributed by atoms with Gasteiger partial charge in [-0.1, -0.05) is 19.3 Å². The summed E-state index contributed by atoms with van der Waals surface area (Å²) in [6, 6.07) is 0. The van der Waals surface area contributed by atoms with Gasteiger partial charge in [-0.15, -0.1) is 11.3 Å². The van der Waals surface area contributed by atoms with Crippen LogP contribution >= 0.6 is 11.3 Å². The maximum atomic E-state index is 10.5. The highest BCUT2D eigenvalue weighted by atomic mass is 32.1. The molecule has 2 unspecified atom stereocenters. The molecule has 1 saturated carbocycles. The molecule has 2 heterocycles. The van der Waals surface area contributed by atoms with Crippen molar-refractivity contribution in [1.82, 2.24) is 4.98 Å². The van der Waals surface area contributed by atoms with Gasteiger partial charge in [0, 0.05) is 12.8 Å². The Morgan fingerprint density at radius 1 is 1.39 bits per heavy atom. The maximum Gasteiger partial charge on any atom is 0.0927 e. The highest BCUT2D eigenvalue weighted by Gasteiger charge is 2.40. The SMILES string of the molecule is OC(c1cncs1)C1CCOC2(CCCCC2)C1. The number of aromatic nitrogens is 1. The standard InChI is InChI=1S/C14H21NO2S/c16-13(12-9-15-10-18-12)11-4-7-17-14(8-11)5-2-1-3-6-14/h9-11,13,16H,1-8H2. The molecule has 1 spiro atoms. The quantitative estimate of drug-likeness (QED) is 0.894. The fourth-order valence-corrected chi connectivity index (χ4v) is 4.18. The third kappa shape index (κ3) is 2.46. The van der Waals surface area contributed by atoms with Crippen LogP contribution in [0.5, 0.6) is 0 Å². The van der Waals surface area contributed by atoms with Gasteiger partial charge in [0.25, 0.3) is 0 Å². The molecule has 1 aliphatic carbocycles. The summed E-state index contributed by atoms with van der Waals surface area (Å²) in [6.07, 6.45) is 9.71. The largest absolute Gasteiger partial charge is 0.387 e. The number of aliphatic hydroxyl groups excluding tert-OH is 1. The van der Waals surface area contributed by atoms with Crippen molar-refractivity contribution in [2.45, 2.75) is 56.7 Å². The van der Waals surface area contributed by atoms with Crippen LogP contribution < -0.4 is 0 Å². The summed E-state index contributed by atoms with van der Waals surface area (Å²) in [5, 5.41) is 10.5. The number of hydrogen-bond donors (Lipinski definition) is 1. The molecule has 2 atom stereocenters. The fourth-order valence-electron chi connectivity index (χ4n) is 3.48. The molecule has 1 aliphatic heterocycles. The topological polar surface area (TPSA) is 42.4 Å². The third-order valence-electron chi connectivity index (χ3n) is 4.49. The number of nitrogens with zero attached hydrogens (tertiary/aromatic N) is 1. The van der Waals surface area contributed by atoms with Crippen molar-refractivity contribution in [2.75, 3.05) is 6.61 Å². The first-order chi connectivity index (χ1) is 8.79. The Kier molecular flexibility index (Phi) is 3.68. The van der Waals surface area contributed by atoms with E-state index in [0.717, 1.165) is 24.3 Å². The van der Waals surface area contributed by atoms with Gasteiger partial charge in [0.15, 0.2) is 0 Å². The molecule has 2 aliphatic rings. The Morgan fingerprint density at radius 3 is 2.94 bits per heavy atom. The zero-order chi connectivity index (χ0) is 12.4. The van der Waals surface area contributed by atoms with Crippen LogP contribution in [0.2, 0.25) is 0 Å². The predicted octanol–water partition coefficient (Wildman–Crippen LogP) is 3.31. The van der Waals surface area contributed by atoms with E-state index < -0.39 is 0 Å². The van der Waals surface area contributed by atoms with Gasteiger partial charge in [-0.25, -0.2) is 0 Å². The van der Waals surface area contributed by atoms with E-state index >= 15 is 0 Å². The van der Waals surface area contributed by atoms with Crippen LogP contribution in [0, 0.1) is 5.92 Å². The minimum atomic E-state index is -0.347. The normalized spacial score (nSPS) is 29.3. The zero-order valence-corrected chi connectivity index (χ0v) is 11.5. The fraction of sp³-hybridized carbons (Fsp3) is 0.786.